The first-order chi connectivity index (χ1) is 9.91. The molecular formula is C15H19BrN2O3. The van der Waals surface area contributed by atoms with E-state index < -0.39 is 5.54 Å². The Hall–Kier alpha value is -1.56. The van der Waals surface area contributed by atoms with E-state index in [0.29, 0.717) is 18.7 Å². The molecule has 0 saturated carbocycles. The average Bonchev–Trinajstić information content (AvgIpc) is 2.58. The highest BCUT2D eigenvalue weighted by atomic mass is 79.9. The van der Waals surface area contributed by atoms with Crippen LogP contribution in [0.3, 0.4) is 0 Å². The Bertz CT molecular complexity index is 576. The second-order valence-electron chi connectivity index (χ2n) is 5.26. The number of anilines is 1. The van der Waals surface area contributed by atoms with Gasteiger partial charge in [-0.25, -0.2) is 0 Å². The summed E-state index contributed by atoms with van der Waals surface area (Å²) < 4.78 is 6.02. The maximum atomic E-state index is 12.8. The van der Waals surface area contributed by atoms with Crippen molar-refractivity contribution in [1.29, 1.82) is 0 Å². The molecule has 5 nitrogen and oxygen atoms in total. The van der Waals surface area contributed by atoms with Crippen LogP contribution in [-0.4, -0.2) is 31.0 Å². The molecule has 1 unspecified atom stereocenters. The number of carbonyl (C=O) groups is 2. The van der Waals surface area contributed by atoms with Crippen LogP contribution in [0.15, 0.2) is 22.7 Å². The Morgan fingerprint density at radius 1 is 1.43 bits per heavy atom. The number of hydrogen-bond acceptors (Lipinski definition) is 3. The molecule has 1 aromatic carbocycles. The normalized spacial score (nSPS) is 22.8. The lowest BCUT2D eigenvalue weighted by Crippen LogP contribution is -2.54. The van der Waals surface area contributed by atoms with Crippen LogP contribution in [0.4, 0.5) is 5.69 Å². The van der Waals surface area contributed by atoms with Gasteiger partial charge in [0.25, 0.3) is 5.91 Å². The van der Waals surface area contributed by atoms with E-state index in [1.165, 1.54) is 0 Å². The van der Waals surface area contributed by atoms with Gasteiger partial charge < -0.3 is 15.0 Å². The highest BCUT2D eigenvalue weighted by molar-refractivity contribution is 9.10. The van der Waals surface area contributed by atoms with Gasteiger partial charge in [0, 0.05) is 23.5 Å². The van der Waals surface area contributed by atoms with Crippen LogP contribution in [0, 0.1) is 0 Å². The lowest BCUT2D eigenvalue weighted by molar-refractivity contribution is -0.129. The van der Waals surface area contributed by atoms with Gasteiger partial charge in [-0.1, -0.05) is 6.92 Å². The van der Waals surface area contributed by atoms with Gasteiger partial charge in [-0.05, 0) is 41.4 Å². The molecule has 0 bridgehead atoms. The quantitative estimate of drug-likeness (QED) is 0.906. The smallest absolute Gasteiger partial charge is 0.252 e. The highest BCUT2D eigenvalue weighted by Crippen LogP contribution is 2.33. The molecule has 1 aliphatic rings. The van der Waals surface area contributed by atoms with Gasteiger partial charge in [0.15, 0.2) is 0 Å². The van der Waals surface area contributed by atoms with Gasteiger partial charge in [0.2, 0.25) is 5.91 Å². The van der Waals surface area contributed by atoms with Crippen molar-refractivity contribution in [3.8, 4) is 5.75 Å². The number of hydrogen-bond donors (Lipinski definition) is 1. The van der Waals surface area contributed by atoms with E-state index in [9.17, 15) is 9.59 Å². The van der Waals surface area contributed by atoms with E-state index in [2.05, 4.69) is 21.2 Å². The minimum absolute atomic E-state index is 0.103. The van der Waals surface area contributed by atoms with Crippen molar-refractivity contribution in [2.24, 2.45) is 0 Å². The number of nitrogens with one attached hydrogen (secondary N) is 1. The summed E-state index contributed by atoms with van der Waals surface area (Å²) in [5.41, 5.74) is -0.161. The summed E-state index contributed by atoms with van der Waals surface area (Å²) >= 11 is 3.47. The van der Waals surface area contributed by atoms with Gasteiger partial charge in [0.05, 0.1) is 12.8 Å². The molecule has 0 spiro atoms. The molecule has 1 fully saturated rings. The third-order valence-electron chi connectivity index (χ3n) is 3.85. The summed E-state index contributed by atoms with van der Waals surface area (Å²) in [6.07, 6.45) is 0.820. The molecule has 1 heterocycles. The molecule has 0 radical (unpaired) electrons. The third kappa shape index (κ3) is 3.05. The van der Waals surface area contributed by atoms with Crippen LogP contribution in [0.5, 0.6) is 5.75 Å². The summed E-state index contributed by atoms with van der Waals surface area (Å²) in [7, 11) is 1.58. The van der Waals surface area contributed by atoms with E-state index in [0.717, 1.165) is 10.2 Å². The fraction of sp³-hybridized carbons (Fsp3) is 0.467. The van der Waals surface area contributed by atoms with Crippen molar-refractivity contribution in [2.45, 2.75) is 32.2 Å². The maximum absolute atomic E-state index is 12.8. The summed E-state index contributed by atoms with van der Waals surface area (Å²) in [6, 6.07) is 5.46. The molecule has 114 valence electrons. The number of carbonyl (C=O) groups excluding carboxylic acids is 2. The van der Waals surface area contributed by atoms with Crippen molar-refractivity contribution in [3.05, 3.63) is 22.7 Å². The van der Waals surface area contributed by atoms with E-state index in [-0.39, 0.29) is 18.2 Å². The zero-order valence-corrected chi connectivity index (χ0v) is 14.0. The second kappa shape index (κ2) is 6.05. The third-order valence-corrected chi connectivity index (χ3v) is 4.52. The Morgan fingerprint density at radius 3 is 2.76 bits per heavy atom. The van der Waals surface area contributed by atoms with Crippen molar-refractivity contribution in [1.82, 2.24) is 5.32 Å². The Morgan fingerprint density at radius 2 is 2.14 bits per heavy atom. The van der Waals surface area contributed by atoms with E-state index in [1.807, 2.05) is 19.1 Å². The van der Waals surface area contributed by atoms with Crippen molar-refractivity contribution < 1.29 is 14.3 Å². The minimum Gasteiger partial charge on any atom is -0.497 e. The summed E-state index contributed by atoms with van der Waals surface area (Å²) in [5.74, 6) is 0.460. The molecule has 1 aromatic rings. The van der Waals surface area contributed by atoms with E-state index >= 15 is 0 Å². The molecule has 1 saturated heterocycles. The zero-order chi connectivity index (χ0) is 15.6. The van der Waals surface area contributed by atoms with E-state index in [4.69, 9.17) is 4.74 Å². The molecule has 6 heteroatoms. The number of rotatable bonds is 3. The van der Waals surface area contributed by atoms with Gasteiger partial charge in [-0.15, -0.1) is 0 Å². The molecule has 1 N–H and O–H groups in total. The minimum atomic E-state index is -0.879. The molecule has 2 amide bonds. The monoisotopic (exact) mass is 354 g/mol. The van der Waals surface area contributed by atoms with Crippen LogP contribution < -0.4 is 15.0 Å². The number of ether oxygens (including phenoxy) is 1. The predicted octanol–water partition coefficient (Wildman–Crippen LogP) is 2.48. The lowest BCUT2D eigenvalue weighted by atomic mass is 9.97. The first-order valence-electron chi connectivity index (χ1n) is 6.88. The predicted molar refractivity (Wildman–Crippen MR) is 84.5 cm³/mol. The Labute approximate surface area is 132 Å². The molecule has 1 aliphatic heterocycles. The number of amides is 2. The molecule has 0 aliphatic carbocycles. The summed E-state index contributed by atoms with van der Waals surface area (Å²) in [6.45, 7) is 4.01. The largest absolute Gasteiger partial charge is 0.497 e. The number of nitrogens with zero attached hydrogens (tertiary/aromatic N) is 1. The van der Waals surface area contributed by atoms with Crippen LogP contribution in [-0.2, 0) is 9.59 Å². The fourth-order valence-electron chi connectivity index (χ4n) is 2.33. The van der Waals surface area contributed by atoms with Crippen LogP contribution in [0.25, 0.3) is 0 Å². The number of methoxy groups -OCH3 is 1. The van der Waals surface area contributed by atoms with Gasteiger partial charge in [0.1, 0.15) is 11.3 Å². The van der Waals surface area contributed by atoms with Gasteiger partial charge >= 0.3 is 0 Å². The molecular weight excluding hydrogens is 336 g/mol. The number of halogens is 1. The Balaban J connectivity index is 2.46. The van der Waals surface area contributed by atoms with Crippen LogP contribution >= 0.6 is 15.9 Å². The lowest BCUT2D eigenvalue weighted by Gasteiger charge is -2.31. The van der Waals surface area contributed by atoms with Gasteiger partial charge in [-0.3, -0.25) is 9.59 Å². The summed E-state index contributed by atoms with van der Waals surface area (Å²) in [4.78, 5) is 26.4. The maximum Gasteiger partial charge on any atom is 0.252 e. The first-order valence-corrected chi connectivity index (χ1v) is 7.67. The molecule has 0 aromatic heterocycles. The Kier molecular flexibility index (Phi) is 4.56. The second-order valence-corrected chi connectivity index (χ2v) is 6.11. The standard InChI is InChI=1S/C15H19BrN2O3/c1-4-15(2)14(20)18(8-7-13(19)17-15)12-9-10(21-3)5-6-11(12)16/h5-6,9H,4,7-8H2,1-3H3,(H,17,19). The fourth-order valence-corrected chi connectivity index (χ4v) is 2.79. The SMILES string of the molecule is CCC1(C)NC(=O)CCN(c2cc(OC)ccc2Br)C1=O. The number of benzene rings is 1. The summed E-state index contributed by atoms with van der Waals surface area (Å²) in [5, 5.41) is 2.83. The van der Waals surface area contributed by atoms with Crippen molar-refractivity contribution >= 4 is 33.4 Å². The first kappa shape index (κ1) is 15.8. The van der Waals surface area contributed by atoms with Crippen molar-refractivity contribution in [3.63, 3.8) is 0 Å². The van der Waals surface area contributed by atoms with Gasteiger partial charge in [-0.2, -0.15) is 0 Å². The molecule has 21 heavy (non-hydrogen) atoms. The van der Waals surface area contributed by atoms with Crippen LogP contribution in [0.1, 0.15) is 26.7 Å². The van der Waals surface area contributed by atoms with Crippen molar-refractivity contribution in [2.75, 3.05) is 18.6 Å². The van der Waals surface area contributed by atoms with Crippen LogP contribution in [0.2, 0.25) is 0 Å². The average molecular weight is 355 g/mol. The molecule has 2 rings (SSSR count). The highest BCUT2D eigenvalue weighted by Gasteiger charge is 2.40. The molecule has 1 atom stereocenters. The topological polar surface area (TPSA) is 58.6 Å². The zero-order valence-electron chi connectivity index (χ0n) is 12.4. The van der Waals surface area contributed by atoms with E-state index in [1.54, 1.807) is 25.0 Å².